The summed E-state index contributed by atoms with van der Waals surface area (Å²) in [5.41, 5.74) is 2.21. The number of carbonyl (C=O) groups excluding carboxylic acids is 1. The lowest BCUT2D eigenvalue weighted by Crippen LogP contribution is -2.50. The lowest BCUT2D eigenvalue weighted by molar-refractivity contribution is -0.129. The zero-order valence-electron chi connectivity index (χ0n) is 12.6. The second-order valence-corrected chi connectivity index (χ2v) is 6.10. The first-order valence-corrected chi connectivity index (χ1v) is 8.01. The van der Waals surface area contributed by atoms with Gasteiger partial charge in [-0.15, -0.1) is 0 Å². The van der Waals surface area contributed by atoms with Crippen LogP contribution >= 0.6 is 0 Å². The highest BCUT2D eigenvalue weighted by molar-refractivity contribution is 5.82. The van der Waals surface area contributed by atoms with E-state index in [-0.39, 0.29) is 18.0 Å². The van der Waals surface area contributed by atoms with Crippen LogP contribution in [0.2, 0.25) is 0 Å². The monoisotopic (exact) mass is 288 g/mol. The molecular formula is C17H24N2O2. The number of nitrogens with zero attached hydrogens (tertiary/aromatic N) is 1. The molecule has 0 spiro atoms. The highest BCUT2D eigenvalue weighted by Crippen LogP contribution is 2.31. The maximum Gasteiger partial charge on any atom is 0.237 e. The molecule has 1 heterocycles. The summed E-state index contributed by atoms with van der Waals surface area (Å²) >= 11 is 0. The molecule has 1 aromatic rings. The molecule has 1 amide bonds. The molecule has 21 heavy (non-hydrogen) atoms. The number of hydrogen-bond donors (Lipinski definition) is 2. The van der Waals surface area contributed by atoms with E-state index in [0.29, 0.717) is 6.42 Å². The molecule has 3 rings (SSSR count). The summed E-state index contributed by atoms with van der Waals surface area (Å²) in [6.45, 7) is 4.01. The van der Waals surface area contributed by atoms with Crippen molar-refractivity contribution in [2.75, 3.05) is 13.1 Å². The van der Waals surface area contributed by atoms with Crippen molar-refractivity contribution in [1.29, 1.82) is 0 Å². The number of fused-ring (bicyclic) bond motifs is 1. The molecule has 0 saturated carbocycles. The number of aliphatic hydroxyl groups excluding tert-OH is 1. The van der Waals surface area contributed by atoms with Crippen LogP contribution in [-0.2, 0) is 11.2 Å². The molecule has 1 unspecified atom stereocenters. The Kier molecular flexibility index (Phi) is 4.27. The quantitative estimate of drug-likeness (QED) is 0.889. The first-order valence-electron chi connectivity index (χ1n) is 8.01. The average Bonchev–Trinajstić information content (AvgIpc) is 2.83. The molecule has 1 aromatic carbocycles. The third kappa shape index (κ3) is 2.83. The average molecular weight is 288 g/mol. The van der Waals surface area contributed by atoms with Crippen molar-refractivity contribution in [3.63, 3.8) is 0 Å². The van der Waals surface area contributed by atoms with Gasteiger partial charge in [0.2, 0.25) is 5.91 Å². The van der Waals surface area contributed by atoms with Crippen LogP contribution in [0.15, 0.2) is 24.3 Å². The molecule has 3 atom stereocenters. The minimum absolute atomic E-state index is 0.0382. The summed E-state index contributed by atoms with van der Waals surface area (Å²) < 4.78 is 0. The summed E-state index contributed by atoms with van der Waals surface area (Å²) in [7, 11) is 0. The van der Waals surface area contributed by atoms with E-state index in [9.17, 15) is 9.90 Å². The summed E-state index contributed by atoms with van der Waals surface area (Å²) in [4.78, 5) is 14.9. The number of rotatable bonds is 3. The smallest absolute Gasteiger partial charge is 0.237 e. The van der Waals surface area contributed by atoms with Crippen LogP contribution in [-0.4, -0.2) is 41.1 Å². The predicted octanol–water partition coefficient (Wildman–Crippen LogP) is 1.64. The second-order valence-electron chi connectivity index (χ2n) is 6.10. The fourth-order valence-electron chi connectivity index (χ4n) is 3.66. The highest BCUT2D eigenvalue weighted by atomic mass is 16.3. The van der Waals surface area contributed by atoms with E-state index in [4.69, 9.17) is 0 Å². The molecule has 1 saturated heterocycles. The number of piperidine rings is 1. The van der Waals surface area contributed by atoms with Crippen molar-refractivity contribution in [2.24, 2.45) is 0 Å². The van der Waals surface area contributed by atoms with Crippen LogP contribution in [0.3, 0.4) is 0 Å². The van der Waals surface area contributed by atoms with Crippen molar-refractivity contribution in [2.45, 2.75) is 50.8 Å². The molecule has 2 aliphatic rings. The Balaban J connectivity index is 1.72. The third-order valence-electron chi connectivity index (χ3n) is 4.82. The SMILES string of the molecule is CCN1CCCCC1C(=O)N[C@H]1c2ccccc2C[C@H]1O. The van der Waals surface area contributed by atoms with Gasteiger partial charge in [-0.3, -0.25) is 9.69 Å². The normalized spacial score (nSPS) is 29.1. The Morgan fingerprint density at radius 1 is 1.38 bits per heavy atom. The van der Waals surface area contributed by atoms with Gasteiger partial charge in [-0.2, -0.15) is 0 Å². The second kappa shape index (κ2) is 6.16. The van der Waals surface area contributed by atoms with Crippen LogP contribution in [0.5, 0.6) is 0 Å². The Hall–Kier alpha value is -1.39. The maximum atomic E-state index is 12.6. The maximum absolute atomic E-state index is 12.6. The van der Waals surface area contributed by atoms with Crippen molar-refractivity contribution in [3.05, 3.63) is 35.4 Å². The van der Waals surface area contributed by atoms with Crippen LogP contribution < -0.4 is 5.32 Å². The number of nitrogens with one attached hydrogen (secondary N) is 1. The molecule has 0 aromatic heterocycles. The van der Waals surface area contributed by atoms with Gasteiger partial charge < -0.3 is 10.4 Å². The molecule has 2 N–H and O–H groups in total. The van der Waals surface area contributed by atoms with Gasteiger partial charge in [0.25, 0.3) is 0 Å². The molecular weight excluding hydrogens is 264 g/mol. The molecule has 0 radical (unpaired) electrons. The van der Waals surface area contributed by atoms with Gasteiger partial charge in [0, 0.05) is 6.42 Å². The van der Waals surface area contributed by atoms with Crippen LogP contribution in [0, 0.1) is 0 Å². The number of likely N-dealkylation sites (N-methyl/N-ethyl adjacent to an activating group) is 1. The molecule has 0 bridgehead atoms. The van der Waals surface area contributed by atoms with Gasteiger partial charge in [0.1, 0.15) is 0 Å². The Bertz CT molecular complexity index is 517. The molecule has 1 aliphatic carbocycles. The zero-order chi connectivity index (χ0) is 14.8. The van der Waals surface area contributed by atoms with Crippen LogP contribution in [0.1, 0.15) is 43.4 Å². The molecule has 4 heteroatoms. The molecule has 4 nitrogen and oxygen atoms in total. The number of carbonyl (C=O) groups is 1. The van der Waals surface area contributed by atoms with Gasteiger partial charge in [0.15, 0.2) is 0 Å². The van der Waals surface area contributed by atoms with Crippen molar-refractivity contribution in [3.8, 4) is 0 Å². The number of hydrogen-bond acceptors (Lipinski definition) is 3. The van der Waals surface area contributed by atoms with E-state index >= 15 is 0 Å². The van der Waals surface area contributed by atoms with E-state index in [2.05, 4.69) is 17.1 Å². The van der Waals surface area contributed by atoms with Crippen molar-refractivity contribution >= 4 is 5.91 Å². The van der Waals surface area contributed by atoms with Crippen molar-refractivity contribution in [1.82, 2.24) is 10.2 Å². The lowest BCUT2D eigenvalue weighted by Gasteiger charge is -2.34. The number of benzene rings is 1. The number of aliphatic hydroxyl groups is 1. The van der Waals surface area contributed by atoms with Crippen molar-refractivity contribution < 1.29 is 9.90 Å². The third-order valence-corrected chi connectivity index (χ3v) is 4.82. The van der Waals surface area contributed by atoms with Gasteiger partial charge in [0.05, 0.1) is 18.2 Å². The summed E-state index contributed by atoms with van der Waals surface area (Å²) in [5.74, 6) is 0.0669. The van der Waals surface area contributed by atoms with Crippen LogP contribution in [0.4, 0.5) is 0 Å². The lowest BCUT2D eigenvalue weighted by atomic mass is 10.0. The topological polar surface area (TPSA) is 52.6 Å². The predicted molar refractivity (Wildman–Crippen MR) is 81.9 cm³/mol. The fraction of sp³-hybridized carbons (Fsp3) is 0.588. The van der Waals surface area contributed by atoms with E-state index < -0.39 is 6.10 Å². The van der Waals surface area contributed by atoms with Crippen LogP contribution in [0.25, 0.3) is 0 Å². The van der Waals surface area contributed by atoms with Gasteiger partial charge in [-0.05, 0) is 37.1 Å². The summed E-state index contributed by atoms with van der Waals surface area (Å²) in [6, 6.07) is 7.70. The fourth-order valence-corrected chi connectivity index (χ4v) is 3.66. The first-order chi connectivity index (χ1) is 10.2. The number of likely N-dealkylation sites (tertiary alicyclic amines) is 1. The summed E-state index contributed by atoms with van der Waals surface area (Å²) in [5, 5.41) is 13.3. The van der Waals surface area contributed by atoms with E-state index in [1.165, 1.54) is 6.42 Å². The minimum Gasteiger partial charge on any atom is -0.390 e. The first kappa shape index (κ1) is 14.5. The Labute approximate surface area is 126 Å². The summed E-state index contributed by atoms with van der Waals surface area (Å²) in [6.07, 6.45) is 3.32. The molecule has 1 aliphatic heterocycles. The molecule has 114 valence electrons. The standard InChI is InChI=1S/C17H24N2O2/c1-2-19-10-6-5-9-14(19)17(21)18-16-13-8-4-3-7-12(13)11-15(16)20/h3-4,7-8,14-16,20H,2,5-6,9-11H2,1H3,(H,18,21)/t14?,15-,16+/m1/s1. The highest BCUT2D eigenvalue weighted by Gasteiger charge is 2.35. The zero-order valence-corrected chi connectivity index (χ0v) is 12.6. The van der Waals surface area contributed by atoms with Gasteiger partial charge in [-0.1, -0.05) is 37.6 Å². The Morgan fingerprint density at radius 2 is 2.19 bits per heavy atom. The van der Waals surface area contributed by atoms with Gasteiger partial charge in [-0.25, -0.2) is 0 Å². The van der Waals surface area contributed by atoms with E-state index in [1.54, 1.807) is 0 Å². The van der Waals surface area contributed by atoms with E-state index in [0.717, 1.165) is 37.1 Å². The number of amides is 1. The largest absolute Gasteiger partial charge is 0.390 e. The molecule has 1 fully saturated rings. The Morgan fingerprint density at radius 3 is 3.00 bits per heavy atom. The van der Waals surface area contributed by atoms with E-state index in [1.807, 2.05) is 24.3 Å². The minimum atomic E-state index is -0.509. The van der Waals surface area contributed by atoms with Gasteiger partial charge >= 0.3 is 0 Å².